The standard InChI is InChI=1S/C19H22N2O4/c1-2-25-17-5-3-4-14(12-17)10-11-20-19(24)21-13-15-6-8-16(9-7-15)18(22)23/h3-9,12H,2,10-11,13H2,1H3,(H,22,23)(H2,20,21,24). The van der Waals surface area contributed by atoms with Crippen LogP contribution in [0.15, 0.2) is 48.5 Å². The highest BCUT2D eigenvalue weighted by Gasteiger charge is 2.04. The first-order valence-corrected chi connectivity index (χ1v) is 8.14. The van der Waals surface area contributed by atoms with Gasteiger partial charge >= 0.3 is 12.0 Å². The van der Waals surface area contributed by atoms with E-state index < -0.39 is 5.97 Å². The Morgan fingerprint density at radius 2 is 1.80 bits per heavy atom. The molecule has 0 radical (unpaired) electrons. The normalized spacial score (nSPS) is 10.1. The van der Waals surface area contributed by atoms with Crippen LogP contribution < -0.4 is 15.4 Å². The fourth-order valence-electron chi connectivity index (χ4n) is 2.29. The van der Waals surface area contributed by atoms with Crippen molar-refractivity contribution < 1.29 is 19.4 Å². The van der Waals surface area contributed by atoms with Crippen LogP contribution in [0, 0.1) is 0 Å². The Morgan fingerprint density at radius 3 is 2.48 bits per heavy atom. The van der Waals surface area contributed by atoms with Crippen molar-refractivity contribution in [2.75, 3.05) is 13.2 Å². The van der Waals surface area contributed by atoms with Crippen molar-refractivity contribution in [3.8, 4) is 5.75 Å². The summed E-state index contributed by atoms with van der Waals surface area (Å²) in [5, 5.41) is 14.4. The molecular weight excluding hydrogens is 320 g/mol. The summed E-state index contributed by atoms with van der Waals surface area (Å²) in [6.07, 6.45) is 0.710. The van der Waals surface area contributed by atoms with Gasteiger partial charge in [-0.15, -0.1) is 0 Å². The van der Waals surface area contributed by atoms with Crippen LogP contribution in [0.5, 0.6) is 5.75 Å². The highest BCUT2D eigenvalue weighted by atomic mass is 16.5. The lowest BCUT2D eigenvalue weighted by molar-refractivity contribution is 0.0697. The van der Waals surface area contributed by atoms with E-state index in [0.717, 1.165) is 16.9 Å². The summed E-state index contributed by atoms with van der Waals surface area (Å²) < 4.78 is 5.45. The van der Waals surface area contributed by atoms with Crippen molar-refractivity contribution in [3.05, 3.63) is 65.2 Å². The van der Waals surface area contributed by atoms with E-state index in [0.29, 0.717) is 26.1 Å². The molecule has 6 nitrogen and oxygen atoms in total. The van der Waals surface area contributed by atoms with Crippen LogP contribution in [-0.4, -0.2) is 30.3 Å². The minimum Gasteiger partial charge on any atom is -0.494 e. The van der Waals surface area contributed by atoms with Crippen molar-refractivity contribution >= 4 is 12.0 Å². The van der Waals surface area contributed by atoms with Gasteiger partial charge in [-0.05, 0) is 48.7 Å². The molecule has 2 aromatic rings. The maximum atomic E-state index is 11.8. The number of hydrogen-bond acceptors (Lipinski definition) is 3. The molecule has 2 rings (SSSR count). The van der Waals surface area contributed by atoms with Gasteiger partial charge in [0.1, 0.15) is 5.75 Å². The predicted octanol–water partition coefficient (Wildman–Crippen LogP) is 2.83. The third kappa shape index (κ3) is 6.18. The molecule has 0 aromatic heterocycles. The molecule has 0 spiro atoms. The number of amides is 2. The Balaban J connectivity index is 1.72. The largest absolute Gasteiger partial charge is 0.494 e. The van der Waals surface area contributed by atoms with E-state index in [9.17, 15) is 9.59 Å². The van der Waals surface area contributed by atoms with Crippen molar-refractivity contribution in [1.82, 2.24) is 10.6 Å². The summed E-state index contributed by atoms with van der Waals surface area (Å²) in [7, 11) is 0. The average Bonchev–Trinajstić information content (AvgIpc) is 2.61. The van der Waals surface area contributed by atoms with E-state index in [2.05, 4.69) is 10.6 Å². The number of urea groups is 1. The lowest BCUT2D eigenvalue weighted by Gasteiger charge is -2.09. The molecule has 3 N–H and O–H groups in total. The van der Waals surface area contributed by atoms with E-state index >= 15 is 0 Å². The van der Waals surface area contributed by atoms with E-state index in [1.165, 1.54) is 12.1 Å². The molecule has 25 heavy (non-hydrogen) atoms. The molecule has 0 unspecified atom stereocenters. The lowest BCUT2D eigenvalue weighted by Crippen LogP contribution is -2.36. The molecule has 132 valence electrons. The first kappa shape index (κ1) is 18.3. The highest BCUT2D eigenvalue weighted by molar-refractivity contribution is 5.87. The number of aromatic carboxylic acids is 1. The Kier molecular flexibility index (Phi) is 6.83. The molecule has 0 bridgehead atoms. The molecule has 0 aliphatic rings. The Labute approximate surface area is 146 Å². The summed E-state index contributed by atoms with van der Waals surface area (Å²) in [6.45, 7) is 3.41. The third-order valence-corrected chi connectivity index (χ3v) is 3.56. The SMILES string of the molecule is CCOc1cccc(CCNC(=O)NCc2ccc(C(=O)O)cc2)c1. The van der Waals surface area contributed by atoms with Gasteiger partial charge in [-0.25, -0.2) is 9.59 Å². The Hall–Kier alpha value is -3.02. The van der Waals surface area contributed by atoms with Crippen LogP contribution >= 0.6 is 0 Å². The van der Waals surface area contributed by atoms with Gasteiger partial charge in [-0.2, -0.15) is 0 Å². The molecule has 0 aliphatic heterocycles. The summed E-state index contributed by atoms with van der Waals surface area (Å²) in [5.41, 5.74) is 2.16. The van der Waals surface area contributed by atoms with Crippen molar-refractivity contribution in [1.29, 1.82) is 0 Å². The zero-order chi connectivity index (χ0) is 18.1. The van der Waals surface area contributed by atoms with Gasteiger partial charge < -0.3 is 20.5 Å². The fraction of sp³-hybridized carbons (Fsp3) is 0.263. The molecule has 2 amide bonds. The van der Waals surface area contributed by atoms with Gasteiger partial charge in [0.05, 0.1) is 12.2 Å². The maximum absolute atomic E-state index is 11.8. The molecule has 0 atom stereocenters. The van der Waals surface area contributed by atoms with Gasteiger partial charge in [0.15, 0.2) is 0 Å². The second kappa shape index (κ2) is 9.32. The van der Waals surface area contributed by atoms with Crippen LogP contribution in [0.1, 0.15) is 28.4 Å². The monoisotopic (exact) mass is 342 g/mol. The number of carboxylic acids is 1. The van der Waals surface area contributed by atoms with Crippen molar-refractivity contribution in [2.45, 2.75) is 19.9 Å². The van der Waals surface area contributed by atoms with Crippen LogP contribution in [0.3, 0.4) is 0 Å². The molecule has 6 heteroatoms. The van der Waals surface area contributed by atoms with Crippen molar-refractivity contribution in [3.63, 3.8) is 0 Å². The quantitative estimate of drug-likeness (QED) is 0.688. The highest BCUT2D eigenvalue weighted by Crippen LogP contribution is 2.13. The second-order valence-corrected chi connectivity index (χ2v) is 5.44. The van der Waals surface area contributed by atoms with E-state index in [1.807, 2.05) is 31.2 Å². The first-order chi connectivity index (χ1) is 12.1. The zero-order valence-electron chi connectivity index (χ0n) is 14.1. The molecule has 0 saturated heterocycles. The van der Waals surface area contributed by atoms with Crippen LogP contribution in [0.25, 0.3) is 0 Å². The number of carbonyl (C=O) groups excluding carboxylic acids is 1. The number of carboxylic acid groups (broad SMARTS) is 1. The van der Waals surface area contributed by atoms with Gasteiger partial charge in [0.25, 0.3) is 0 Å². The lowest BCUT2D eigenvalue weighted by atomic mass is 10.1. The average molecular weight is 342 g/mol. The van der Waals surface area contributed by atoms with Gasteiger partial charge in [0, 0.05) is 13.1 Å². The second-order valence-electron chi connectivity index (χ2n) is 5.44. The molecule has 0 aliphatic carbocycles. The molecule has 0 heterocycles. The number of hydrogen-bond donors (Lipinski definition) is 3. The maximum Gasteiger partial charge on any atom is 0.335 e. The van der Waals surface area contributed by atoms with Crippen LogP contribution in [0.2, 0.25) is 0 Å². The number of ether oxygens (including phenoxy) is 1. The minimum absolute atomic E-state index is 0.225. The number of nitrogens with one attached hydrogen (secondary N) is 2. The predicted molar refractivity (Wildman–Crippen MR) is 95.0 cm³/mol. The number of carbonyl (C=O) groups is 2. The fourth-order valence-corrected chi connectivity index (χ4v) is 2.29. The summed E-state index contributed by atoms with van der Waals surface area (Å²) in [4.78, 5) is 22.6. The molecule has 2 aromatic carbocycles. The third-order valence-electron chi connectivity index (χ3n) is 3.56. The summed E-state index contributed by atoms with van der Waals surface area (Å²) in [5.74, 6) is -0.139. The molecule has 0 saturated carbocycles. The van der Waals surface area contributed by atoms with E-state index in [-0.39, 0.29) is 11.6 Å². The minimum atomic E-state index is -0.967. The topological polar surface area (TPSA) is 87.7 Å². The first-order valence-electron chi connectivity index (χ1n) is 8.14. The Morgan fingerprint density at radius 1 is 1.04 bits per heavy atom. The van der Waals surface area contributed by atoms with Crippen LogP contribution in [0.4, 0.5) is 4.79 Å². The van der Waals surface area contributed by atoms with Gasteiger partial charge in [-0.3, -0.25) is 0 Å². The number of benzene rings is 2. The van der Waals surface area contributed by atoms with E-state index in [4.69, 9.17) is 9.84 Å². The zero-order valence-corrected chi connectivity index (χ0v) is 14.1. The molecular formula is C19H22N2O4. The van der Waals surface area contributed by atoms with Gasteiger partial charge in [0.2, 0.25) is 0 Å². The smallest absolute Gasteiger partial charge is 0.335 e. The number of rotatable bonds is 8. The van der Waals surface area contributed by atoms with Gasteiger partial charge in [-0.1, -0.05) is 24.3 Å². The Bertz CT molecular complexity index is 714. The van der Waals surface area contributed by atoms with E-state index in [1.54, 1.807) is 12.1 Å². The van der Waals surface area contributed by atoms with Crippen LogP contribution in [-0.2, 0) is 13.0 Å². The summed E-state index contributed by atoms with van der Waals surface area (Å²) in [6, 6.07) is 13.9. The summed E-state index contributed by atoms with van der Waals surface area (Å²) >= 11 is 0. The van der Waals surface area contributed by atoms with Crippen molar-refractivity contribution in [2.24, 2.45) is 0 Å². The molecule has 0 fully saturated rings.